The Labute approximate surface area is 76.5 Å². The van der Waals surface area contributed by atoms with Gasteiger partial charge in [0, 0.05) is 5.69 Å². The number of hydrogen-bond donors (Lipinski definition) is 3. The lowest BCUT2D eigenvalue weighted by molar-refractivity contribution is 0.172. The topological polar surface area (TPSA) is 61.4 Å². The van der Waals surface area contributed by atoms with Gasteiger partial charge in [0.15, 0.2) is 0 Å². The van der Waals surface area contributed by atoms with Crippen molar-refractivity contribution in [1.29, 1.82) is 0 Å². The molecule has 1 aromatic rings. The molecule has 0 radical (unpaired) electrons. The van der Waals surface area contributed by atoms with E-state index in [1.165, 1.54) is 5.48 Å². The van der Waals surface area contributed by atoms with Crippen LogP contribution in [0.5, 0.6) is 0 Å². The smallest absolute Gasteiger partial charge is 0.306 e. The highest BCUT2D eigenvalue weighted by Gasteiger charge is 2.01. The Hall–Kier alpha value is -1.55. The highest BCUT2D eigenvalue weighted by molar-refractivity contribution is 5.89. The van der Waals surface area contributed by atoms with E-state index in [9.17, 15) is 4.79 Å². The van der Waals surface area contributed by atoms with Gasteiger partial charge in [-0.3, -0.25) is 5.21 Å². The van der Waals surface area contributed by atoms with E-state index < -0.39 is 6.03 Å². The lowest BCUT2D eigenvalue weighted by Gasteiger charge is -2.07. The van der Waals surface area contributed by atoms with E-state index in [2.05, 4.69) is 5.32 Å². The Kier molecular flexibility index (Phi) is 2.87. The van der Waals surface area contributed by atoms with Crippen LogP contribution in [0.3, 0.4) is 0 Å². The summed E-state index contributed by atoms with van der Waals surface area (Å²) in [5.74, 6) is 0. The Morgan fingerprint density at radius 3 is 2.62 bits per heavy atom. The zero-order valence-electron chi connectivity index (χ0n) is 7.59. The largest absolute Gasteiger partial charge is 0.342 e. The summed E-state index contributed by atoms with van der Waals surface area (Å²) in [6, 6.07) is 5.00. The number of amides is 2. The van der Waals surface area contributed by atoms with Gasteiger partial charge in [-0.25, -0.2) is 10.3 Å². The minimum atomic E-state index is -0.632. The number of carbonyl (C=O) groups is 1. The molecule has 0 spiro atoms. The highest BCUT2D eigenvalue weighted by Crippen LogP contribution is 2.15. The van der Waals surface area contributed by atoms with E-state index in [1.54, 1.807) is 6.07 Å². The van der Waals surface area contributed by atoms with E-state index in [4.69, 9.17) is 5.21 Å². The first kappa shape index (κ1) is 9.54. The van der Waals surface area contributed by atoms with E-state index in [-0.39, 0.29) is 0 Å². The first-order valence-electron chi connectivity index (χ1n) is 3.92. The molecule has 2 amide bonds. The van der Waals surface area contributed by atoms with Crippen LogP contribution in [0.15, 0.2) is 18.2 Å². The fraction of sp³-hybridized carbons (Fsp3) is 0.222. The molecule has 4 heteroatoms. The second kappa shape index (κ2) is 3.91. The molecule has 0 aliphatic carbocycles. The second-order valence-corrected chi connectivity index (χ2v) is 2.88. The van der Waals surface area contributed by atoms with Crippen molar-refractivity contribution in [3.63, 3.8) is 0 Å². The summed E-state index contributed by atoms with van der Waals surface area (Å²) in [5, 5.41) is 10.8. The summed E-state index contributed by atoms with van der Waals surface area (Å²) in [7, 11) is 0. The van der Waals surface area contributed by atoms with Crippen LogP contribution >= 0.6 is 0 Å². The summed E-state index contributed by atoms with van der Waals surface area (Å²) >= 11 is 0. The Balaban J connectivity index is 2.83. The molecule has 0 heterocycles. The van der Waals surface area contributed by atoms with Gasteiger partial charge in [0.05, 0.1) is 0 Å². The number of rotatable bonds is 1. The van der Waals surface area contributed by atoms with Crippen LogP contribution < -0.4 is 10.8 Å². The number of carbonyl (C=O) groups excluding carboxylic acids is 1. The molecule has 0 atom stereocenters. The van der Waals surface area contributed by atoms with Gasteiger partial charge >= 0.3 is 6.03 Å². The molecule has 0 bridgehead atoms. The van der Waals surface area contributed by atoms with E-state index in [0.717, 1.165) is 11.1 Å². The lowest BCUT2D eigenvalue weighted by atomic mass is 10.1. The molecule has 1 aromatic carbocycles. The molecule has 0 unspecified atom stereocenters. The van der Waals surface area contributed by atoms with Crippen LogP contribution in [0.1, 0.15) is 11.1 Å². The maximum atomic E-state index is 10.7. The summed E-state index contributed by atoms with van der Waals surface area (Å²) in [5.41, 5.74) is 4.29. The average Bonchev–Trinajstić information content (AvgIpc) is 2.09. The van der Waals surface area contributed by atoms with Crippen molar-refractivity contribution in [2.75, 3.05) is 5.32 Å². The van der Waals surface area contributed by atoms with E-state index in [0.29, 0.717) is 5.69 Å². The predicted octanol–water partition coefficient (Wildman–Crippen LogP) is 1.81. The van der Waals surface area contributed by atoms with Gasteiger partial charge in [0.2, 0.25) is 0 Å². The van der Waals surface area contributed by atoms with Crippen LogP contribution in [-0.4, -0.2) is 11.2 Å². The summed E-state index contributed by atoms with van der Waals surface area (Å²) in [6.45, 7) is 3.86. The minimum Gasteiger partial charge on any atom is -0.306 e. The number of benzene rings is 1. The fourth-order valence-electron chi connectivity index (χ4n) is 1.10. The van der Waals surface area contributed by atoms with Crippen molar-refractivity contribution in [2.24, 2.45) is 0 Å². The van der Waals surface area contributed by atoms with Crippen LogP contribution in [0.25, 0.3) is 0 Å². The Bertz CT molecular complexity index is 323. The zero-order chi connectivity index (χ0) is 9.84. The molecule has 0 saturated heterocycles. The number of nitrogens with one attached hydrogen (secondary N) is 2. The van der Waals surface area contributed by atoms with Gasteiger partial charge in [-0.1, -0.05) is 17.7 Å². The van der Waals surface area contributed by atoms with Crippen molar-refractivity contribution in [1.82, 2.24) is 5.48 Å². The van der Waals surface area contributed by atoms with Gasteiger partial charge in [-0.2, -0.15) is 0 Å². The standard InChI is InChI=1S/C9H12N2O2/c1-6-3-4-8(7(2)5-6)10-9(12)11-13/h3-5,13H,1-2H3,(H2,10,11,12). The maximum Gasteiger partial charge on any atom is 0.342 e. The molecule has 70 valence electrons. The third-order valence-corrected chi connectivity index (χ3v) is 1.73. The van der Waals surface area contributed by atoms with Gasteiger partial charge in [-0.15, -0.1) is 0 Å². The first-order chi connectivity index (χ1) is 6.13. The molecule has 4 nitrogen and oxygen atoms in total. The van der Waals surface area contributed by atoms with Gasteiger partial charge < -0.3 is 5.32 Å². The van der Waals surface area contributed by atoms with Crippen LogP contribution in [0, 0.1) is 13.8 Å². The van der Waals surface area contributed by atoms with Crippen molar-refractivity contribution < 1.29 is 10.0 Å². The van der Waals surface area contributed by atoms with Crippen molar-refractivity contribution in [2.45, 2.75) is 13.8 Å². The van der Waals surface area contributed by atoms with Crippen molar-refractivity contribution in [3.8, 4) is 0 Å². The molecule has 0 aromatic heterocycles. The van der Waals surface area contributed by atoms with Gasteiger partial charge in [0.1, 0.15) is 0 Å². The zero-order valence-corrected chi connectivity index (χ0v) is 7.59. The molecular formula is C9H12N2O2. The number of urea groups is 1. The Morgan fingerprint density at radius 2 is 2.08 bits per heavy atom. The molecular weight excluding hydrogens is 168 g/mol. The second-order valence-electron chi connectivity index (χ2n) is 2.88. The van der Waals surface area contributed by atoms with E-state index >= 15 is 0 Å². The third kappa shape index (κ3) is 2.45. The molecule has 0 aliphatic heterocycles. The van der Waals surface area contributed by atoms with E-state index in [1.807, 2.05) is 26.0 Å². The first-order valence-corrected chi connectivity index (χ1v) is 3.92. The normalized spacial score (nSPS) is 9.46. The molecule has 1 rings (SSSR count). The lowest BCUT2D eigenvalue weighted by Crippen LogP contribution is -2.25. The predicted molar refractivity (Wildman–Crippen MR) is 49.9 cm³/mol. The fourth-order valence-corrected chi connectivity index (χ4v) is 1.10. The monoisotopic (exact) mass is 180 g/mol. The third-order valence-electron chi connectivity index (χ3n) is 1.73. The minimum absolute atomic E-state index is 0.632. The Morgan fingerprint density at radius 1 is 1.38 bits per heavy atom. The molecule has 0 aliphatic rings. The maximum absolute atomic E-state index is 10.7. The summed E-state index contributed by atoms with van der Waals surface area (Å²) in [4.78, 5) is 10.7. The average molecular weight is 180 g/mol. The van der Waals surface area contributed by atoms with Gasteiger partial charge in [-0.05, 0) is 25.5 Å². The van der Waals surface area contributed by atoms with Crippen LogP contribution in [0.2, 0.25) is 0 Å². The van der Waals surface area contributed by atoms with Crippen LogP contribution in [-0.2, 0) is 0 Å². The molecule has 0 saturated carbocycles. The van der Waals surface area contributed by atoms with Gasteiger partial charge in [0.25, 0.3) is 0 Å². The molecule has 13 heavy (non-hydrogen) atoms. The molecule has 3 N–H and O–H groups in total. The summed E-state index contributed by atoms with van der Waals surface area (Å²) in [6.07, 6.45) is 0. The highest BCUT2D eigenvalue weighted by atomic mass is 16.5. The summed E-state index contributed by atoms with van der Waals surface area (Å²) < 4.78 is 0. The molecule has 0 fully saturated rings. The number of aryl methyl sites for hydroxylation is 2. The number of hydrogen-bond acceptors (Lipinski definition) is 2. The van der Waals surface area contributed by atoms with Crippen LogP contribution in [0.4, 0.5) is 10.5 Å². The van der Waals surface area contributed by atoms with Crippen molar-refractivity contribution >= 4 is 11.7 Å². The van der Waals surface area contributed by atoms with Crippen molar-refractivity contribution in [3.05, 3.63) is 29.3 Å². The number of hydroxylamine groups is 1. The quantitative estimate of drug-likeness (QED) is 0.456. The number of anilines is 1. The SMILES string of the molecule is Cc1ccc(NC(=O)NO)c(C)c1.